The van der Waals surface area contributed by atoms with E-state index in [1.54, 1.807) is 4.90 Å². The standard InChI is InChI=1S/C25H34N2O3/c1-4-20(3)26-25(29)23(5-2)27(19-21-13-8-6-9-14-21)24(28)17-12-18-30-22-15-10-7-11-16-22/h6-11,13-16,20,23H,4-5,12,17-19H2,1-3H3,(H,26,29). The second kappa shape index (κ2) is 12.7. The van der Waals surface area contributed by atoms with Crippen LogP contribution in [0.3, 0.4) is 0 Å². The molecule has 0 fully saturated rings. The molecule has 0 aliphatic carbocycles. The first-order chi connectivity index (χ1) is 14.5. The van der Waals surface area contributed by atoms with Crippen LogP contribution in [-0.4, -0.2) is 35.4 Å². The van der Waals surface area contributed by atoms with Gasteiger partial charge < -0.3 is 15.0 Å². The van der Waals surface area contributed by atoms with Crippen molar-refractivity contribution in [3.05, 3.63) is 66.2 Å². The number of para-hydroxylation sites is 1. The molecular formula is C25H34N2O3. The quantitative estimate of drug-likeness (QED) is 0.522. The van der Waals surface area contributed by atoms with E-state index in [4.69, 9.17) is 4.74 Å². The van der Waals surface area contributed by atoms with Gasteiger partial charge in [-0.2, -0.15) is 0 Å². The van der Waals surface area contributed by atoms with Crippen molar-refractivity contribution in [3.8, 4) is 5.75 Å². The van der Waals surface area contributed by atoms with Crippen LogP contribution in [0, 0.1) is 0 Å². The molecule has 5 nitrogen and oxygen atoms in total. The lowest BCUT2D eigenvalue weighted by molar-refractivity contribution is -0.141. The van der Waals surface area contributed by atoms with Crippen molar-refractivity contribution in [1.82, 2.24) is 10.2 Å². The lowest BCUT2D eigenvalue weighted by Crippen LogP contribution is -2.50. The number of amides is 2. The van der Waals surface area contributed by atoms with Crippen LogP contribution >= 0.6 is 0 Å². The molecule has 0 aliphatic heterocycles. The van der Waals surface area contributed by atoms with E-state index in [0.29, 0.717) is 32.4 Å². The van der Waals surface area contributed by atoms with Gasteiger partial charge in [-0.3, -0.25) is 9.59 Å². The highest BCUT2D eigenvalue weighted by Gasteiger charge is 2.28. The van der Waals surface area contributed by atoms with Crippen LogP contribution in [-0.2, 0) is 16.1 Å². The predicted molar refractivity (Wildman–Crippen MR) is 120 cm³/mol. The highest BCUT2D eigenvalue weighted by molar-refractivity contribution is 5.87. The SMILES string of the molecule is CCC(C)NC(=O)C(CC)N(Cc1ccccc1)C(=O)CCCOc1ccccc1. The minimum atomic E-state index is -0.484. The first kappa shape index (κ1) is 23.5. The molecule has 2 unspecified atom stereocenters. The van der Waals surface area contributed by atoms with Gasteiger partial charge in [0.25, 0.3) is 0 Å². The fourth-order valence-electron chi connectivity index (χ4n) is 3.21. The Labute approximate surface area is 180 Å². The minimum Gasteiger partial charge on any atom is -0.494 e. The summed E-state index contributed by atoms with van der Waals surface area (Å²) in [6.45, 7) is 6.85. The van der Waals surface area contributed by atoms with Gasteiger partial charge >= 0.3 is 0 Å². The molecular weight excluding hydrogens is 376 g/mol. The highest BCUT2D eigenvalue weighted by Crippen LogP contribution is 2.15. The van der Waals surface area contributed by atoms with Gasteiger partial charge in [0.2, 0.25) is 11.8 Å². The normalized spacial score (nSPS) is 12.6. The Morgan fingerprint density at radius 1 is 0.967 bits per heavy atom. The Morgan fingerprint density at radius 2 is 1.60 bits per heavy atom. The number of nitrogens with one attached hydrogen (secondary N) is 1. The summed E-state index contributed by atoms with van der Waals surface area (Å²) in [5.41, 5.74) is 1.01. The Hall–Kier alpha value is -2.82. The van der Waals surface area contributed by atoms with E-state index in [9.17, 15) is 9.59 Å². The summed E-state index contributed by atoms with van der Waals surface area (Å²) in [6, 6.07) is 19.0. The number of carbonyl (C=O) groups excluding carboxylic acids is 2. The fourth-order valence-corrected chi connectivity index (χ4v) is 3.21. The van der Waals surface area contributed by atoms with Crippen LogP contribution < -0.4 is 10.1 Å². The smallest absolute Gasteiger partial charge is 0.243 e. The van der Waals surface area contributed by atoms with Gasteiger partial charge in [0.1, 0.15) is 11.8 Å². The molecule has 0 saturated heterocycles. The first-order valence-electron chi connectivity index (χ1n) is 10.9. The summed E-state index contributed by atoms with van der Waals surface area (Å²) in [6.07, 6.45) is 2.36. The van der Waals surface area contributed by atoms with Crippen LogP contribution in [0.4, 0.5) is 0 Å². The molecule has 1 N–H and O–H groups in total. The van der Waals surface area contributed by atoms with E-state index in [1.165, 1.54) is 0 Å². The number of hydrogen-bond acceptors (Lipinski definition) is 3. The molecule has 0 bridgehead atoms. The fraction of sp³-hybridized carbons (Fsp3) is 0.440. The van der Waals surface area contributed by atoms with Gasteiger partial charge in [-0.15, -0.1) is 0 Å². The maximum atomic E-state index is 13.1. The van der Waals surface area contributed by atoms with Crippen molar-refractivity contribution in [1.29, 1.82) is 0 Å². The molecule has 0 aromatic heterocycles. The molecule has 0 saturated carbocycles. The van der Waals surface area contributed by atoms with Crippen LogP contribution in [0.5, 0.6) is 5.75 Å². The summed E-state index contributed by atoms with van der Waals surface area (Å²) >= 11 is 0. The Balaban J connectivity index is 2.03. The van der Waals surface area contributed by atoms with Crippen molar-refractivity contribution >= 4 is 11.8 Å². The highest BCUT2D eigenvalue weighted by atomic mass is 16.5. The largest absolute Gasteiger partial charge is 0.494 e. The van der Waals surface area contributed by atoms with Crippen molar-refractivity contribution in [2.75, 3.05) is 6.61 Å². The zero-order valence-electron chi connectivity index (χ0n) is 18.3. The van der Waals surface area contributed by atoms with E-state index in [2.05, 4.69) is 5.32 Å². The van der Waals surface area contributed by atoms with E-state index in [1.807, 2.05) is 81.4 Å². The predicted octanol–water partition coefficient (Wildman–Crippen LogP) is 4.57. The molecule has 2 amide bonds. The topological polar surface area (TPSA) is 58.6 Å². The van der Waals surface area contributed by atoms with Gasteiger partial charge in [0.15, 0.2) is 0 Å². The maximum Gasteiger partial charge on any atom is 0.243 e. The maximum absolute atomic E-state index is 13.1. The summed E-state index contributed by atoms with van der Waals surface area (Å²) in [7, 11) is 0. The zero-order chi connectivity index (χ0) is 21.8. The number of ether oxygens (including phenoxy) is 1. The van der Waals surface area contributed by atoms with Gasteiger partial charge in [0, 0.05) is 19.0 Å². The van der Waals surface area contributed by atoms with Crippen molar-refractivity contribution < 1.29 is 14.3 Å². The van der Waals surface area contributed by atoms with E-state index >= 15 is 0 Å². The summed E-state index contributed by atoms with van der Waals surface area (Å²) in [5.74, 6) is 0.684. The number of carbonyl (C=O) groups is 2. The van der Waals surface area contributed by atoms with Gasteiger partial charge in [-0.05, 0) is 43.9 Å². The van der Waals surface area contributed by atoms with Crippen LogP contribution in [0.15, 0.2) is 60.7 Å². The van der Waals surface area contributed by atoms with Crippen molar-refractivity contribution in [3.63, 3.8) is 0 Å². The molecule has 30 heavy (non-hydrogen) atoms. The number of nitrogens with zero attached hydrogens (tertiary/aromatic N) is 1. The number of benzene rings is 2. The molecule has 2 aromatic carbocycles. The average molecular weight is 411 g/mol. The molecule has 162 valence electrons. The van der Waals surface area contributed by atoms with Gasteiger partial charge in [-0.25, -0.2) is 0 Å². The third-order valence-electron chi connectivity index (χ3n) is 5.13. The average Bonchev–Trinajstić information content (AvgIpc) is 2.77. The summed E-state index contributed by atoms with van der Waals surface area (Å²) in [5, 5.41) is 3.03. The van der Waals surface area contributed by atoms with Crippen molar-refractivity contribution in [2.24, 2.45) is 0 Å². The molecule has 0 spiro atoms. The number of rotatable bonds is 12. The molecule has 2 atom stereocenters. The second-order valence-corrected chi connectivity index (χ2v) is 7.51. The summed E-state index contributed by atoms with van der Waals surface area (Å²) in [4.78, 5) is 27.7. The van der Waals surface area contributed by atoms with Gasteiger partial charge in [0.05, 0.1) is 6.61 Å². The first-order valence-corrected chi connectivity index (χ1v) is 10.9. The van der Waals surface area contributed by atoms with E-state index < -0.39 is 6.04 Å². The van der Waals surface area contributed by atoms with Gasteiger partial charge in [-0.1, -0.05) is 62.4 Å². The molecule has 5 heteroatoms. The minimum absolute atomic E-state index is 0.0262. The monoisotopic (exact) mass is 410 g/mol. The van der Waals surface area contributed by atoms with Crippen molar-refractivity contribution in [2.45, 2.75) is 65.1 Å². The number of hydrogen-bond donors (Lipinski definition) is 1. The zero-order valence-corrected chi connectivity index (χ0v) is 18.3. The molecule has 0 radical (unpaired) electrons. The lowest BCUT2D eigenvalue weighted by atomic mass is 10.1. The Kier molecular flexibility index (Phi) is 9.92. The Bertz CT molecular complexity index is 764. The third-order valence-corrected chi connectivity index (χ3v) is 5.13. The van der Waals surface area contributed by atoms with Crippen LogP contribution in [0.25, 0.3) is 0 Å². The lowest BCUT2D eigenvalue weighted by Gasteiger charge is -2.31. The second-order valence-electron chi connectivity index (χ2n) is 7.51. The van der Waals surface area contributed by atoms with E-state index in [0.717, 1.165) is 17.7 Å². The molecule has 2 rings (SSSR count). The molecule has 0 heterocycles. The third kappa shape index (κ3) is 7.54. The molecule has 0 aliphatic rings. The van der Waals surface area contributed by atoms with E-state index in [-0.39, 0.29) is 17.9 Å². The summed E-state index contributed by atoms with van der Waals surface area (Å²) < 4.78 is 5.71. The molecule has 2 aromatic rings. The van der Waals surface area contributed by atoms with Crippen LogP contribution in [0.1, 0.15) is 52.0 Å². The Morgan fingerprint density at radius 3 is 2.20 bits per heavy atom. The van der Waals surface area contributed by atoms with Crippen LogP contribution in [0.2, 0.25) is 0 Å².